The molecule has 0 aromatic heterocycles. The zero-order valence-corrected chi connectivity index (χ0v) is 11.5. The summed E-state index contributed by atoms with van der Waals surface area (Å²) in [6.07, 6.45) is 6.51. The molecule has 0 unspecified atom stereocenters. The molecule has 3 N–H and O–H groups in total. The Labute approximate surface area is 117 Å². The first kappa shape index (κ1) is 12.8. The Balaban J connectivity index is 1.69. The summed E-state index contributed by atoms with van der Waals surface area (Å²) in [5, 5.41) is 3.64. The largest absolute Gasteiger partial charge is 0.386 e. The van der Waals surface area contributed by atoms with E-state index in [0.717, 1.165) is 43.6 Å². The zero-order chi connectivity index (χ0) is 13.5. The Bertz CT molecular complexity index is 503. The van der Waals surface area contributed by atoms with Crippen LogP contribution in [0.2, 0.25) is 5.02 Å². The van der Waals surface area contributed by atoms with Crippen LogP contribution in [-0.4, -0.2) is 6.54 Å². The zero-order valence-electron chi connectivity index (χ0n) is 10.8. The van der Waals surface area contributed by atoms with Crippen molar-refractivity contribution in [1.29, 1.82) is 0 Å². The van der Waals surface area contributed by atoms with Crippen LogP contribution in [0.1, 0.15) is 31.2 Å². The van der Waals surface area contributed by atoms with Crippen LogP contribution in [0.5, 0.6) is 0 Å². The minimum atomic E-state index is -0.236. The van der Waals surface area contributed by atoms with Crippen LogP contribution in [0.3, 0.4) is 0 Å². The van der Waals surface area contributed by atoms with Gasteiger partial charge in [-0.15, -0.1) is 0 Å². The Kier molecular flexibility index (Phi) is 3.17. The fourth-order valence-electron chi connectivity index (χ4n) is 2.96. The lowest BCUT2D eigenvalue weighted by molar-refractivity contribution is 0.499. The predicted octanol–water partition coefficient (Wildman–Crippen LogP) is 3.31. The van der Waals surface area contributed by atoms with Gasteiger partial charge in [0.25, 0.3) is 0 Å². The number of rotatable bonds is 4. The normalized spacial score (nSPS) is 23.9. The molecule has 1 saturated carbocycles. The molecule has 0 bridgehead atoms. The topological polar surface area (TPSA) is 38.0 Å². The van der Waals surface area contributed by atoms with E-state index in [1.807, 2.05) is 6.07 Å². The third-order valence-corrected chi connectivity index (χ3v) is 4.52. The lowest BCUT2D eigenvalue weighted by atomic mass is 9.88. The maximum Gasteiger partial charge on any atom is 0.124 e. The Hall–Kier alpha value is -1.22. The van der Waals surface area contributed by atoms with Gasteiger partial charge in [-0.2, -0.15) is 0 Å². The van der Waals surface area contributed by atoms with Crippen LogP contribution in [0.15, 0.2) is 30.1 Å². The molecule has 19 heavy (non-hydrogen) atoms. The van der Waals surface area contributed by atoms with E-state index in [1.165, 1.54) is 6.07 Å². The number of hydrogen-bond donors (Lipinski definition) is 2. The highest BCUT2D eigenvalue weighted by atomic mass is 35.5. The molecule has 1 atom stereocenters. The monoisotopic (exact) mass is 280 g/mol. The van der Waals surface area contributed by atoms with E-state index in [1.54, 1.807) is 6.07 Å². The van der Waals surface area contributed by atoms with Crippen molar-refractivity contribution in [3.05, 3.63) is 46.5 Å². The van der Waals surface area contributed by atoms with Crippen molar-refractivity contribution in [3.63, 3.8) is 0 Å². The summed E-state index contributed by atoms with van der Waals surface area (Å²) in [6, 6.07) is 4.91. The van der Waals surface area contributed by atoms with Crippen LogP contribution >= 0.6 is 11.6 Å². The van der Waals surface area contributed by atoms with Crippen molar-refractivity contribution >= 4 is 11.6 Å². The van der Waals surface area contributed by atoms with E-state index < -0.39 is 0 Å². The van der Waals surface area contributed by atoms with Crippen molar-refractivity contribution in [3.8, 4) is 0 Å². The molecular formula is C15H18ClFN2. The third-order valence-electron chi connectivity index (χ3n) is 4.31. The molecule has 1 heterocycles. The van der Waals surface area contributed by atoms with Gasteiger partial charge in [-0.05, 0) is 66.9 Å². The van der Waals surface area contributed by atoms with Crippen molar-refractivity contribution in [2.24, 2.45) is 11.7 Å². The number of nitrogens with two attached hydrogens (primary N) is 1. The Morgan fingerprint density at radius 3 is 2.74 bits per heavy atom. The first-order valence-corrected chi connectivity index (χ1v) is 7.13. The van der Waals surface area contributed by atoms with Gasteiger partial charge in [0.2, 0.25) is 0 Å². The minimum Gasteiger partial charge on any atom is -0.386 e. The SMILES string of the molecule is NC1=C[C@H](CCC2(c3cc(F)cc(Cl)c3)CC2)CN1. The van der Waals surface area contributed by atoms with Gasteiger partial charge in [0.1, 0.15) is 5.82 Å². The van der Waals surface area contributed by atoms with Gasteiger partial charge < -0.3 is 11.1 Å². The summed E-state index contributed by atoms with van der Waals surface area (Å²) in [4.78, 5) is 0. The summed E-state index contributed by atoms with van der Waals surface area (Å²) in [7, 11) is 0. The Morgan fingerprint density at radius 1 is 1.37 bits per heavy atom. The molecule has 1 aromatic carbocycles. The van der Waals surface area contributed by atoms with Gasteiger partial charge in [0, 0.05) is 11.6 Å². The molecule has 4 heteroatoms. The second kappa shape index (κ2) is 4.71. The van der Waals surface area contributed by atoms with Gasteiger partial charge in [-0.3, -0.25) is 0 Å². The highest BCUT2D eigenvalue weighted by Crippen LogP contribution is 2.52. The summed E-state index contributed by atoms with van der Waals surface area (Å²) >= 11 is 5.95. The highest BCUT2D eigenvalue weighted by Gasteiger charge is 2.44. The van der Waals surface area contributed by atoms with Crippen LogP contribution in [0.25, 0.3) is 0 Å². The van der Waals surface area contributed by atoms with Gasteiger partial charge in [0.15, 0.2) is 0 Å². The molecule has 1 aromatic rings. The third kappa shape index (κ3) is 2.71. The molecule has 0 spiro atoms. The van der Waals surface area contributed by atoms with E-state index in [-0.39, 0.29) is 11.2 Å². The number of halogens is 2. The lowest BCUT2D eigenvalue weighted by Gasteiger charge is -2.18. The van der Waals surface area contributed by atoms with E-state index in [4.69, 9.17) is 17.3 Å². The fourth-order valence-corrected chi connectivity index (χ4v) is 3.18. The number of nitrogens with one attached hydrogen (secondary N) is 1. The van der Waals surface area contributed by atoms with Crippen LogP contribution < -0.4 is 11.1 Å². The molecule has 0 radical (unpaired) electrons. The van der Waals surface area contributed by atoms with Crippen LogP contribution in [0, 0.1) is 11.7 Å². The van der Waals surface area contributed by atoms with Gasteiger partial charge in [-0.1, -0.05) is 11.6 Å². The average Bonchev–Trinajstić information content (AvgIpc) is 3.03. The molecule has 1 aliphatic heterocycles. The van der Waals surface area contributed by atoms with Crippen LogP contribution in [0.4, 0.5) is 4.39 Å². The molecule has 3 rings (SSSR count). The first-order chi connectivity index (χ1) is 9.07. The molecular weight excluding hydrogens is 263 g/mol. The summed E-state index contributed by atoms with van der Waals surface area (Å²) < 4.78 is 13.5. The van der Waals surface area contributed by atoms with Crippen molar-refractivity contribution < 1.29 is 4.39 Å². The van der Waals surface area contributed by atoms with E-state index in [9.17, 15) is 4.39 Å². The van der Waals surface area contributed by atoms with Gasteiger partial charge >= 0.3 is 0 Å². The summed E-state index contributed by atoms with van der Waals surface area (Å²) in [5.41, 5.74) is 6.92. The second-order valence-corrected chi connectivity index (χ2v) is 6.18. The standard InChI is InChI=1S/C15H18ClFN2/c16-12-6-11(7-13(17)8-12)15(3-4-15)2-1-10-5-14(18)19-9-10/h5-8,10,19H,1-4,9,18H2/t10-/m0/s1. The smallest absolute Gasteiger partial charge is 0.124 e. The van der Waals surface area contributed by atoms with E-state index >= 15 is 0 Å². The molecule has 102 valence electrons. The highest BCUT2D eigenvalue weighted by molar-refractivity contribution is 6.30. The number of hydrogen-bond acceptors (Lipinski definition) is 2. The predicted molar refractivity (Wildman–Crippen MR) is 75.3 cm³/mol. The minimum absolute atomic E-state index is 0.150. The van der Waals surface area contributed by atoms with E-state index in [0.29, 0.717) is 10.9 Å². The lowest BCUT2D eigenvalue weighted by Crippen LogP contribution is -2.17. The summed E-state index contributed by atoms with van der Waals surface area (Å²) in [5.74, 6) is 1.05. The molecule has 0 saturated heterocycles. The van der Waals surface area contributed by atoms with Gasteiger partial charge in [-0.25, -0.2) is 4.39 Å². The van der Waals surface area contributed by atoms with Crippen LogP contribution in [-0.2, 0) is 5.41 Å². The summed E-state index contributed by atoms with van der Waals surface area (Å²) in [6.45, 7) is 0.922. The molecule has 1 fully saturated rings. The Morgan fingerprint density at radius 2 is 2.16 bits per heavy atom. The first-order valence-electron chi connectivity index (χ1n) is 6.75. The quantitative estimate of drug-likeness (QED) is 0.888. The van der Waals surface area contributed by atoms with Crippen molar-refractivity contribution in [2.75, 3.05) is 6.54 Å². The maximum atomic E-state index is 13.5. The second-order valence-electron chi connectivity index (χ2n) is 5.74. The molecule has 0 amide bonds. The molecule has 1 aliphatic carbocycles. The molecule has 2 nitrogen and oxygen atoms in total. The average molecular weight is 281 g/mol. The fraction of sp³-hybridized carbons (Fsp3) is 0.467. The van der Waals surface area contributed by atoms with Gasteiger partial charge in [0.05, 0.1) is 5.82 Å². The van der Waals surface area contributed by atoms with Crippen molar-refractivity contribution in [1.82, 2.24) is 5.32 Å². The van der Waals surface area contributed by atoms with E-state index in [2.05, 4.69) is 11.4 Å². The number of benzene rings is 1. The van der Waals surface area contributed by atoms with Crippen molar-refractivity contribution in [2.45, 2.75) is 31.1 Å². The molecule has 2 aliphatic rings. The maximum absolute atomic E-state index is 13.5.